The molecule has 1 saturated heterocycles. The Kier molecular flexibility index (Phi) is 8.23. The third-order valence-corrected chi connectivity index (χ3v) is 9.01. The largest absolute Gasteiger partial charge is 0.349 e. The molecule has 2 aromatic carbocycles. The van der Waals surface area contributed by atoms with E-state index in [4.69, 9.17) is 0 Å². The van der Waals surface area contributed by atoms with Crippen molar-refractivity contribution in [1.82, 2.24) is 9.62 Å². The maximum absolute atomic E-state index is 13.0. The van der Waals surface area contributed by atoms with Crippen molar-refractivity contribution in [1.29, 1.82) is 0 Å². The number of aryl methyl sites for hydroxylation is 1. The van der Waals surface area contributed by atoms with Gasteiger partial charge in [-0.2, -0.15) is 0 Å². The van der Waals surface area contributed by atoms with Gasteiger partial charge in [0.05, 0.1) is 17.0 Å². The summed E-state index contributed by atoms with van der Waals surface area (Å²) in [5.41, 5.74) is 2.72. The van der Waals surface area contributed by atoms with E-state index in [0.717, 1.165) is 36.8 Å². The van der Waals surface area contributed by atoms with Crippen molar-refractivity contribution in [2.45, 2.75) is 63.7 Å². The lowest BCUT2D eigenvalue weighted by atomic mass is 9.95. The second-order valence-electron chi connectivity index (χ2n) is 9.70. The Morgan fingerprint density at radius 1 is 0.914 bits per heavy atom. The van der Waals surface area contributed by atoms with E-state index in [1.165, 1.54) is 10.7 Å². The number of piperidine rings is 1. The van der Waals surface area contributed by atoms with Crippen LogP contribution in [0.2, 0.25) is 0 Å². The van der Waals surface area contributed by atoms with Crippen LogP contribution in [0.3, 0.4) is 0 Å². The third-order valence-electron chi connectivity index (χ3n) is 7.19. The standard InChI is InChI=1S/C27H35N3O4S/c1-20-9-5-6-10-22(20)19-35(33,34)30-17-15-21(16-18-30)26(31)29-25-14-8-7-13-24(25)27(32)28-23-11-3-2-4-12-23/h5-10,13-14,21,23H,2-4,11-12,15-19H2,1H3,(H,28,32)(H,29,31). The van der Waals surface area contributed by atoms with Crippen molar-refractivity contribution in [3.63, 3.8) is 0 Å². The Hall–Kier alpha value is -2.71. The topological polar surface area (TPSA) is 95.6 Å². The number of carbonyl (C=O) groups excluding carboxylic acids is 2. The van der Waals surface area contributed by atoms with Gasteiger partial charge in [-0.15, -0.1) is 0 Å². The molecule has 0 spiro atoms. The Morgan fingerprint density at radius 2 is 1.57 bits per heavy atom. The van der Waals surface area contributed by atoms with Gasteiger partial charge in [-0.1, -0.05) is 55.7 Å². The molecule has 2 aliphatic rings. The molecule has 0 radical (unpaired) electrons. The summed E-state index contributed by atoms with van der Waals surface area (Å²) in [6.45, 7) is 2.54. The van der Waals surface area contributed by atoms with Gasteiger partial charge >= 0.3 is 0 Å². The lowest BCUT2D eigenvalue weighted by Gasteiger charge is -2.31. The number of sulfonamides is 1. The van der Waals surface area contributed by atoms with E-state index in [9.17, 15) is 18.0 Å². The summed E-state index contributed by atoms with van der Waals surface area (Å²) >= 11 is 0. The van der Waals surface area contributed by atoms with Gasteiger partial charge in [-0.3, -0.25) is 9.59 Å². The molecule has 0 unspecified atom stereocenters. The first-order chi connectivity index (χ1) is 16.8. The number of para-hydroxylation sites is 1. The van der Waals surface area contributed by atoms with Crippen molar-refractivity contribution in [2.75, 3.05) is 18.4 Å². The molecular formula is C27H35N3O4S. The summed E-state index contributed by atoms with van der Waals surface area (Å²) < 4.78 is 27.4. The second kappa shape index (κ2) is 11.4. The SMILES string of the molecule is Cc1ccccc1CS(=O)(=O)N1CCC(C(=O)Nc2ccccc2C(=O)NC2CCCCC2)CC1. The first kappa shape index (κ1) is 25.4. The molecule has 7 nitrogen and oxygen atoms in total. The zero-order valence-electron chi connectivity index (χ0n) is 20.3. The summed E-state index contributed by atoms with van der Waals surface area (Å²) in [4.78, 5) is 25.9. The predicted octanol–water partition coefficient (Wildman–Crippen LogP) is 4.24. The molecule has 1 aliphatic heterocycles. The van der Waals surface area contributed by atoms with Gasteiger partial charge in [0.1, 0.15) is 0 Å². The summed E-state index contributed by atoms with van der Waals surface area (Å²) in [5, 5.41) is 6.04. The Balaban J connectivity index is 1.34. The van der Waals surface area contributed by atoms with Crippen molar-refractivity contribution in [3.05, 3.63) is 65.2 Å². The van der Waals surface area contributed by atoms with E-state index in [1.807, 2.05) is 31.2 Å². The number of benzene rings is 2. The van der Waals surface area contributed by atoms with Crippen LogP contribution in [0.25, 0.3) is 0 Å². The number of rotatable bonds is 7. The molecule has 35 heavy (non-hydrogen) atoms. The minimum Gasteiger partial charge on any atom is -0.349 e. The fourth-order valence-electron chi connectivity index (χ4n) is 4.99. The third kappa shape index (κ3) is 6.49. The van der Waals surface area contributed by atoms with Crippen LogP contribution in [0.15, 0.2) is 48.5 Å². The van der Waals surface area contributed by atoms with Gasteiger partial charge in [0.15, 0.2) is 0 Å². The minimum absolute atomic E-state index is 0.0278. The molecule has 0 bridgehead atoms. The van der Waals surface area contributed by atoms with E-state index in [0.29, 0.717) is 37.2 Å². The van der Waals surface area contributed by atoms with E-state index < -0.39 is 10.0 Å². The molecular weight excluding hydrogens is 462 g/mol. The summed E-state index contributed by atoms with van der Waals surface area (Å²) in [7, 11) is -3.45. The molecule has 2 fully saturated rings. The Bertz CT molecular complexity index is 1150. The van der Waals surface area contributed by atoms with E-state index in [1.54, 1.807) is 24.3 Å². The quantitative estimate of drug-likeness (QED) is 0.598. The van der Waals surface area contributed by atoms with Gasteiger partial charge < -0.3 is 10.6 Å². The maximum atomic E-state index is 13.0. The van der Waals surface area contributed by atoms with Crippen molar-refractivity contribution in [2.24, 2.45) is 5.92 Å². The fourth-order valence-corrected chi connectivity index (χ4v) is 6.66. The molecule has 2 N–H and O–H groups in total. The maximum Gasteiger partial charge on any atom is 0.253 e. The van der Waals surface area contributed by atoms with Crippen molar-refractivity contribution < 1.29 is 18.0 Å². The lowest BCUT2D eigenvalue weighted by molar-refractivity contribution is -0.120. The van der Waals surface area contributed by atoms with Crippen molar-refractivity contribution in [3.8, 4) is 0 Å². The molecule has 188 valence electrons. The second-order valence-corrected chi connectivity index (χ2v) is 11.7. The molecule has 4 rings (SSSR count). The highest BCUT2D eigenvalue weighted by atomic mass is 32.2. The highest BCUT2D eigenvalue weighted by molar-refractivity contribution is 7.88. The van der Waals surface area contributed by atoms with Gasteiger partial charge in [-0.05, 0) is 55.9 Å². The molecule has 0 atom stereocenters. The van der Waals surface area contributed by atoms with Crippen LogP contribution < -0.4 is 10.6 Å². The molecule has 1 aliphatic carbocycles. The first-order valence-electron chi connectivity index (χ1n) is 12.6. The molecule has 2 amide bonds. The van der Waals surface area contributed by atoms with E-state index in [-0.39, 0.29) is 29.5 Å². The van der Waals surface area contributed by atoms with Crippen LogP contribution in [-0.4, -0.2) is 43.7 Å². The number of hydrogen-bond donors (Lipinski definition) is 2. The number of hydrogen-bond acceptors (Lipinski definition) is 4. The fraction of sp³-hybridized carbons (Fsp3) is 0.481. The highest BCUT2D eigenvalue weighted by Gasteiger charge is 2.32. The van der Waals surface area contributed by atoms with Crippen LogP contribution in [-0.2, 0) is 20.6 Å². The average molecular weight is 498 g/mol. The van der Waals surface area contributed by atoms with Crippen molar-refractivity contribution >= 4 is 27.5 Å². The van der Waals surface area contributed by atoms with Crippen LogP contribution in [0.5, 0.6) is 0 Å². The predicted molar refractivity (Wildman–Crippen MR) is 138 cm³/mol. The summed E-state index contributed by atoms with van der Waals surface area (Å²) in [5.74, 6) is -0.654. The summed E-state index contributed by atoms with van der Waals surface area (Å²) in [6, 6.07) is 14.8. The summed E-state index contributed by atoms with van der Waals surface area (Å²) in [6.07, 6.45) is 6.36. The molecule has 1 saturated carbocycles. The minimum atomic E-state index is -3.45. The number of anilines is 1. The molecule has 0 aromatic heterocycles. The smallest absolute Gasteiger partial charge is 0.253 e. The van der Waals surface area contributed by atoms with E-state index >= 15 is 0 Å². The van der Waals surface area contributed by atoms with Crippen LogP contribution in [0.4, 0.5) is 5.69 Å². The number of amides is 2. The normalized spacial score (nSPS) is 18.2. The highest BCUT2D eigenvalue weighted by Crippen LogP contribution is 2.25. The number of nitrogens with zero attached hydrogens (tertiary/aromatic N) is 1. The molecule has 2 aromatic rings. The van der Waals surface area contributed by atoms with Crippen LogP contribution in [0.1, 0.15) is 66.4 Å². The van der Waals surface area contributed by atoms with Gasteiger partial charge in [0, 0.05) is 25.0 Å². The lowest BCUT2D eigenvalue weighted by Crippen LogP contribution is -2.42. The van der Waals surface area contributed by atoms with E-state index in [2.05, 4.69) is 10.6 Å². The molecule has 1 heterocycles. The zero-order chi connectivity index (χ0) is 24.8. The first-order valence-corrected chi connectivity index (χ1v) is 14.2. The van der Waals surface area contributed by atoms with Crippen LogP contribution in [0, 0.1) is 12.8 Å². The van der Waals surface area contributed by atoms with Gasteiger partial charge in [-0.25, -0.2) is 12.7 Å². The number of nitrogens with one attached hydrogen (secondary N) is 2. The van der Waals surface area contributed by atoms with Gasteiger partial charge in [0.25, 0.3) is 5.91 Å². The van der Waals surface area contributed by atoms with Gasteiger partial charge in [0.2, 0.25) is 15.9 Å². The Morgan fingerprint density at radius 3 is 2.29 bits per heavy atom. The monoisotopic (exact) mass is 497 g/mol. The Labute approximate surface area is 208 Å². The average Bonchev–Trinajstić information content (AvgIpc) is 2.86. The number of carbonyl (C=O) groups is 2. The zero-order valence-corrected chi connectivity index (χ0v) is 21.1. The van der Waals surface area contributed by atoms with Crippen LogP contribution >= 0.6 is 0 Å². The molecule has 8 heteroatoms.